The van der Waals surface area contributed by atoms with E-state index in [2.05, 4.69) is 10.3 Å². The molecular weight excluding hydrogens is 200 g/mol. The summed E-state index contributed by atoms with van der Waals surface area (Å²) >= 11 is 1.56. The first-order chi connectivity index (χ1) is 6.86. The van der Waals surface area contributed by atoms with E-state index in [4.69, 9.17) is 4.74 Å². The summed E-state index contributed by atoms with van der Waals surface area (Å²) in [5.41, 5.74) is 0. The smallest absolute Gasteiger partial charge is 0.339 e. The summed E-state index contributed by atoms with van der Waals surface area (Å²) < 4.78 is 5.11. The third kappa shape index (κ3) is 2.24. The summed E-state index contributed by atoms with van der Waals surface area (Å²) in [5, 5.41) is 2.82. The molecule has 1 aromatic rings. The first kappa shape index (κ1) is 9.48. The van der Waals surface area contributed by atoms with E-state index >= 15 is 0 Å². The Morgan fingerprint density at radius 1 is 1.71 bits per heavy atom. The van der Waals surface area contributed by atoms with Gasteiger partial charge in [0.1, 0.15) is 5.75 Å². The van der Waals surface area contributed by atoms with Crippen molar-refractivity contribution in [2.75, 3.05) is 12.3 Å². The average molecular weight is 210 g/mol. The summed E-state index contributed by atoms with van der Waals surface area (Å²) in [5.74, 6) is 1.19. The van der Waals surface area contributed by atoms with E-state index in [-0.39, 0.29) is 11.3 Å². The van der Waals surface area contributed by atoms with Gasteiger partial charge in [0.05, 0.1) is 6.20 Å². The van der Waals surface area contributed by atoms with Crippen molar-refractivity contribution in [1.82, 2.24) is 10.3 Å². The lowest BCUT2D eigenvalue weighted by atomic mass is 10.5. The van der Waals surface area contributed by atoms with Gasteiger partial charge in [0.2, 0.25) is 0 Å². The number of thioether (sulfide) groups is 1. The van der Waals surface area contributed by atoms with Crippen LogP contribution in [0.25, 0.3) is 0 Å². The van der Waals surface area contributed by atoms with Crippen molar-refractivity contribution in [2.24, 2.45) is 0 Å². The van der Waals surface area contributed by atoms with Gasteiger partial charge in [-0.15, -0.1) is 11.8 Å². The highest BCUT2D eigenvalue weighted by atomic mass is 32.2. The third-order valence-corrected chi connectivity index (χ3v) is 2.92. The summed E-state index contributed by atoms with van der Waals surface area (Å²) in [4.78, 5) is 15.3. The van der Waals surface area contributed by atoms with Crippen molar-refractivity contribution in [2.45, 2.75) is 5.37 Å². The number of pyridine rings is 1. The number of hydrogen-bond acceptors (Lipinski definition) is 5. The molecule has 14 heavy (non-hydrogen) atoms. The Morgan fingerprint density at radius 2 is 2.64 bits per heavy atom. The summed E-state index contributed by atoms with van der Waals surface area (Å²) in [6, 6.07) is 3.45. The normalized spacial score (nSPS) is 20.7. The maximum absolute atomic E-state index is 11.5. The van der Waals surface area contributed by atoms with Gasteiger partial charge < -0.3 is 4.74 Å². The van der Waals surface area contributed by atoms with Gasteiger partial charge >= 0.3 is 5.97 Å². The lowest BCUT2D eigenvalue weighted by Crippen LogP contribution is -2.32. The average Bonchev–Trinajstić information content (AvgIpc) is 2.72. The molecule has 0 spiro atoms. The zero-order valence-electron chi connectivity index (χ0n) is 7.47. The Bertz CT molecular complexity index is 312. The molecule has 0 amide bonds. The van der Waals surface area contributed by atoms with Crippen LogP contribution in [-0.2, 0) is 4.79 Å². The van der Waals surface area contributed by atoms with Gasteiger partial charge in [-0.25, -0.2) is 4.79 Å². The monoisotopic (exact) mass is 210 g/mol. The molecule has 1 aliphatic heterocycles. The second kappa shape index (κ2) is 4.43. The van der Waals surface area contributed by atoms with Crippen molar-refractivity contribution in [3.8, 4) is 5.75 Å². The van der Waals surface area contributed by atoms with Crippen molar-refractivity contribution < 1.29 is 9.53 Å². The van der Waals surface area contributed by atoms with Crippen molar-refractivity contribution in [1.29, 1.82) is 0 Å². The zero-order valence-corrected chi connectivity index (χ0v) is 8.29. The minimum absolute atomic E-state index is 0.227. The van der Waals surface area contributed by atoms with E-state index in [1.54, 1.807) is 30.1 Å². The van der Waals surface area contributed by atoms with Gasteiger partial charge in [-0.05, 0) is 12.1 Å². The highest BCUT2D eigenvalue weighted by molar-refractivity contribution is 8.00. The third-order valence-electron chi connectivity index (χ3n) is 1.78. The molecule has 1 atom stereocenters. The molecule has 5 heteroatoms. The topological polar surface area (TPSA) is 51.2 Å². The van der Waals surface area contributed by atoms with Crippen LogP contribution in [0.4, 0.5) is 0 Å². The van der Waals surface area contributed by atoms with E-state index in [1.165, 1.54) is 6.20 Å². The molecule has 4 nitrogen and oxygen atoms in total. The zero-order chi connectivity index (χ0) is 9.80. The fourth-order valence-electron chi connectivity index (χ4n) is 1.15. The van der Waals surface area contributed by atoms with Crippen molar-refractivity contribution in [3.63, 3.8) is 0 Å². The Balaban J connectivity index is 1.94. The van der Waals surface area contributed by atoms with Crippen LogP contribution in [0.5, 0.6) is 5.75 Å². The second-order valence-electron chi connectivity index (χ2n) is 2.81. The number of nitrogens with zero attached hydrogens (tertiary/aromatic N) is 1. The maximum atomic E-state index is 11.5. The minimum Gasteiger partial charge on any atom is -0.423 e. The predicted molar refractivity (Wildman–Crippen MR) is 54.1 cm³/mol. The fourth-order valence-corrected chi connectivity index (χ4v) is 2.05. The first-order valence-electron chi connectivity index (χ1n) is 4.33. The van der Waals surface area contributed by atoms with Gasteiger partial charge in [0.25, 0.3) is 0 Å². The largest absolute Gasteiger partial charge is 0.423 e. The number of esters is 1. The van der Waals surface area contributed by atoms with Crippen LogP contribution in [0.15, 0.2) is 24.5 Å². The summed E-state index contributed by atoms with van der Waals surface area (Å²) in [6.07, 6.45) is 3.16. The number of hydrogen-bond donors (Lipinski definition) is 1. The van der Waals surface area contributed by atoms with Crippen LogP contribution in [-0.4, -0.2) is 28.6 Å². The molecule has 1 saturated heterocycles. The SMILES string of the molecule is O=C(Oc1cccnc1)[C@@H]1NCCS1. The molecule has 2 heterocycles. The molecule has 1 aliphatic rings. The van der Waals surface area contributed by atoms with E-state index in [0.29, 0.717) is 5.75 Å². The predicted octanol–water partition coefficient (Wildman–Crippen LogP) is 0.649. The van der Waals surface area contributed by atoms with Gasteiger partial charge in [-0.2, -0.15) is 0 Å². The summed E-state index contributed by atoms with van der Waals surface area (Å²) in [6.45, 7) is 0.859. The molecule has 0 unspecified atom stereocenters. The molecule has 2 rings (SSSR count). The minimum atomic E-state index is -0.250. The molecule has 1 fully saturated rings. The molecule has 0 saturated carbocycles. The second-order valence-corrected chi connectivity index (χ2v) is 4.03. The number of carbonyl (C=O) groups excluding carboxylic acids is 1. The first-order valence-corrected chi connectivity index (χ1v) is 5.38. The van der Waals surface area contributed by atoms with Crippen LogP contribution in [0.1, 0.15) is 0 Å². The number of nitrogens with one attached hydrogen (secondary N) is 1. The van der Waals surface area contributed by atoms with Crippen LogP contribution in [0.3, 0.4) is 0 Å². The van der Waals surface area contributed by atoms with Crippen LogP contribution < -0.4 is 10.1 Å². The van der Waals surface area contributed by atoms with Crippen molar-refractivity contribution in [3.05, 3.63) is 24.5 Å². The molecule has 1 N–H and O–H groups in total. The number of carbonyl (C=O) groups is 1. The number of ether oxygens (including phenoxy) is 1. The molecule has 0 aromatic carbocycles. The van der Waals surface area contributed by atoms with E-state index < -0.39 is 0 Å². The fraction of sp³-hybridized carbons (Fsp3) is 0.333. The van der Waals surface area contributed by atoms with Gasteiger partial charge in [-0.3, -0.25) is 10.3 Å². The van der Waals surface area contributed by atoms with E-state index in [0.717, 1.165) is 12.3 Å². The van der Waals surface area contributed by atoms with Gasteiger partial charge in [0, 0.05) is 18.5 Å². The van der Waals surface area contributed by atoms with Crippen LogP contribution in [0.2, 0.25) is 0 Å². The molecule has 0 radical (unpaired) electrons. The Kier molecular flexibility index (Phi) is 3.00. The molecule has 0 aliphatic carbocycles. The molecule has 0 bridgehead atoms. The van der Waals surface area contributed by atoms with E-state index in [9.17, 15) is 4.79 Å². The lowest BCUT2D eigenvalue weighted by Gasteiger charge is -2.08. The Morgan fingerprint density at radius 3 is 3.29 bits per heavy atom. The van der Waals surface area contributed by atoms with Gasteiger partial charge in [-0.1, -0.05) is 0 Å². The molecule has 1 aromatic heterocycles. The quantitative estimate of drug-likeness (QED) is 0.726. The van der Waals surface area contributed by atoms with Crippen LogP contribution in [0, 0.1) is 0 Å². The van der Waals surface area contributed by atoms with Gasteiger partial charge in [0.15, 0.2) is 5.37 Å². The highest BCUT2D eigenvalue weighted by Gasteiger charge is 2.24. The standard InChI is InChI=1S/C9H10N2O2S/c12-9(8-11-4-5-14-8)13-7-2-1-3-10-6-7/h1-3,6,8,11H,4-5H2/t8-/m1/s1. The lowest BCUT2D eigenvalue weighted by molar-refractivity contribution is -0.134. The molecule has 74 valence electrons. The maximum Gasteiger partial charge on any atom is 0.339 e. The summed E-state index contributed by atoms with van der Waals surface area (Å²) in [7, 11) is 0. The number of rotatable bonds is 2. The Labute approximate surface area is 86.1 Å². The highest BCUT2D eigenvalue weighted by Crippen LogP contribution is 2.16. The van der Waals surface area contributed by atoms with Crippen molar-refractivity contribution >= 4 is 17.7 Å². The Hall–Kier alpha value is -1.07. The van der Waals surface area contributed by atoms with E-state index in [1.807, 2.05) is 0 Å². The number of aromatic nitrogens is 1. The van der Waals surface area contributed by atoms with Crippen LogP contribution >= 0.6 is 11.8 Å². The molecular formula is C9H10N2O2S.